The zero-order chi connectivity index (χ0) is 26.3. The summed E-state index contributed by atoms with van der Waals surface area (Å²) in [6.07, 6.45) is 2.72. The topological polar surface area (TPSA) is 64.0 Å². The third kappa shape index (κ3) is 4.34. The summed E-state index contributed by atoms with van der Waals surface area (Å²) in [5.74, 6) is 1.51. The Morgan fingerprint density at radius 2 is 1.59 bits per heavy atom. The summed E-state index contributed by atoms with van der Waals surface area (Å²) in [5.41, 5.74) is 2.95. The van der Waals surface area contributed by atoms with Crippen molar-refractivity contribution >= 4 is 5.91 Å². The number of amides is 1. The summed E-state index contributed by atoms with van der Waals surface area (Å²) >= 11 is 0. The third-order valence-corrected chi connectivity index (χ3v) is 7.95. The Balaban J connectivity index is 1.41. The van der Waals surface area contributed by atoms with Crippen LogP contribution in [0.2, 0.25) is 0 Å². The van der Waals surface area contributed by atoms with Gasteiger partial charge in [0.15, 0.2) is 11.4 Å². The van der Waals surface area contributed by atoms with Crippen LogP contribution in [0.1, 0.15) is 39.6 Å². The molecule has 1 fully saturated rings. The van der Waals surface area contributed by atoms with E-state index in [1.807, 2.05) is 76.3 Å². The van der Waals surface area contributed by atoms with Crippen LogP contribution in [0.15, 0.2) is 102 Å². The van der Waals surface area contributed by atoms with Crippen molar-refractivity contribution in [1.82, 2.24) is 9.58 Å². The third-order valence-electron chi connectivity index (χ3n) is 7.95. The number of rotatable bonds is 4. The van der Waals surface area contributed by atoms with Crippen molar-refractivity contribution in [2.24, 2.45) is 11.8 Å². The summed E-state index contributed by atoms with van der Waals surface area (Å²) < 4.78 is 14.3. The van der Waals surface area contributed by atoms with Crippen LogP contribution >= 0.6 is 0 Å². The number of pyridine rings is 1. The van der Waals surface area contributed by atoms with Gasteiger partial charge in [-0.15, -0.1) is 0 Å². The van der Waals surface area contributed by atoms with Crippen LogP contribution < -0.4 is 19.9 Å². The van der Waals surface area contributed by atoms with Gasteiger partial charge in [0, 0.05) is 24.4 Å². The molecule has 1 amide bonds. The van der Waals surface area contributed by atoms with Gasteiger partial charge in [-0.1, -0.05) is 78.9 Å². The molecule has 196 valence electrons. The SMILES string of the molecule is O=C1c2c(OCc3ccccc3)c(=O)ccn2N2CN1C[C@@H]1C[C@H]1COc1ccccc1[C@H]2c1ccccc1. The highest BCUT2D eigenvalue weighted by Gasteiger charge is 2.44. The average Bonchev–Trinajstić information content (AvgIpc) is 3.72. The normalized spacial score (nSPS) is 21.5. The van der Waals surface area contributed by atoms with E-state index in [4.69, 9.17) is 9.47 Å². The van der Waals surface area contributed by atoms with Crippen molar-refractivity contribution in [3.05, 3.63) is 130 Å². The van der Waals surface area contributed by atoms with Gasteiger partial charge in [-0.05, 0) is 35.4 Å². The van der Waals surface area contributed by atoms with Gasteiger partial charge < -0.3 is 14.4 Å². The summed E-state index contributed by atoms with van der Waals surface area (Å²) in [7, 11) is 0. The number of ether oxygens (including phenoxy) is 2. The van der Waals surface area contributed by atoms with E-state index < -0.39 is 0 Å². The summed E-state index contributed by atoms with van der Waals surface area (Å²) in [5, 5.41) is 2.14. The van der Waals surface area contributed by atoms with Crippen LogP contribution in [0.5, 0.6) is 11.5 Å². The molecule has 2 aliphatic heterocycles. The highest BCUT2D eigenvalue weighted by molar-refractivity contribution is 5.96. The molecular formula is C32H29N3O4. The monoisotopic (exact) mass is 519 g/mol. The first kappa shape index (κ1) is 23.6. The van der Waals surface area contributed by atoms with E-state index in [1.165, 1.54) is 6.07 Å². The highest BCUT2D eigenvalue weighted by Crippen LogP contribution is 2.43. The molecular weight excluding hydrogens is 490 g/mol. The summed E-state index contributed by atoms with van der Waals surface area (Å²) in [4.78, 5) is 29.1. The lowest BCUT2D eigenvalue weighted by atomic mass is 9.97. The Kier molecular flexibility index (Phi) is 5.84. The van der Waals surface area contributed by atoms with E-state index >= 15 is 0 Å². The second kappa shape index (κ2) is 9.66. The second-order valence-electron chi connectivity index (χ2n) is 10.5. The minimum absolute atomic E-state index is 0.0830. The molecule has 39 heavy (non-hydrogen) atoms. The molecule has 0 saturated heterocycles. The number of hydrogen-bond acceptors (Lipinski definition) is 5. The van der Waals surface area contributed by atoms with Gasteiger partial charge in [0.05, 0.1) is 6.61 Å². The number of nitrogens with zero attached hydrogens (tertiary/aromatic N) is 3. The van der Waals surface area contributed by atoms with Gasteiger partial charge in [0.2, 0.25) is 5.43 Å². The average molecular weight is 520 g/mol. The minimum Gasteiger partial charge on any atom is -0.493 e. The van der Waals surface area contributed by atoms with E-state index in [0.29, 0.717) is 31.7 Å². The predicted octanol–water partition coefficient (Wildman–Crippen LogP) is 4.60. The van der Waals surface area contributed by atoms with Crippen molar-refractivity contribution in [3.63, 3.8) is 0 Å². The number of hydrogen-bond donors (Lipinski definition) is 0. The fourth-order valence-electron chi connectivity index (χ4n) is 5.79. The molecule has 1 aromatic heterocycles. The molecule has 3 aromatic carbocycles. The Bertz CT molecular complexity index is 1570. The molecule has 0 spiro atoms. The molecule has 0 radical (unpaired) electrons. The maximum Gasteiger partial charge on any atom is 0.277 e. The number of benzene rings is 3. The molecule has 1 aliphatic carbocycles. The first-order chi connectivity index (χ1) is 19.2. The molecule has 1 saturated carbocycles. The fraction of sp³-hybridized carbons (Fsp3) is 0.250. The van der Waals surface area contributed by atoms with Gasteiger partial charge in [-0.3, -0.25) is 19.3 Å². The van der Waals surface area contributed by atoms with Crippen LogP contribution in [-0.2, 0) is 6.61 Å². The molecule has 7 rings (SSSR count). The Morgan fingerprint density at radius 1 is 0.846 bits per heavy atom. The molecule has 7 heteroatoms. The van der Waals surface area contributed by atoms with E-state index in [2.05, 4.69) is 23.2 Å². The summed E-state index contributed by atoms with van der Waals surface area (Å²) in [6.45, 7) is 1.82. The predicted molar refractivity (Wildman–Crippen MR) is 147 cm³/mol. The molecule has 3 heterocycles. The maximum atomic E-state index is 14.0. The summed E-state index contributed by atoms with van der Waals surface area (Å²) in [6, 6.07) is 29.2. The number of aromatic nitrogens is 1. The van der Waals surface area contributed by atoms with Crippen molar-refractivity contribution in [3.8, 4) is 11.5 Å². The Hall–Kier alpha value is -4.52. The van der Waals surface area contributed by atoms with Crippen molar-refractivity contribution in [1.29, 1.82) is 0 Å². The van der Waals surface area contributed by atoms with Gasteiger partial charge in [-0.25, -0.2) is 0 Å². The van der Waals surface area contributed by atoms with Crippen LogP contribution in [-0.4, -0.2) is 35.3 Å². The standard InChI is InChI=1S/C32H29N3O4/c36-27-15-16-34-30(31(27)39-19-22-9-3-1-4-10-22)32(37)33-18-24-17-25(24)20-38-28-14-8-7-13-26(28)29(35(34)21-33)23-11-5-2-6-12-23/h1-16,24-25,29H,17-21H2/t24-,25-,29+/m0/s1. The lowest BCUT2D eigenvalue weighted by Crippen LogP contribution is -2.56. The van der Waals surface area contributed by atoms with E-state index in [1.54, 1.807) is 6.20 Å². The van der Waals surface area contributed by atoms with Gasteiger partial charge >= 0.3 is 0 Å². The highest BCUT2D eigenvalue weighted by atomic mass is 16.5. The van der Waals surface area contributed by atoms with E-state index in [9.17, 15) is 9.59 Å². The number of fused-ring (bicyclic) bond motifs is 6. The lowest BCUT2D eigenvalue weighted by Gasteiger charge is -2.44. The zero-order valence-electron chi connectivity index (χ0n) is 21.5. The maximum absolute atomic E-state index is 14.0. The molecule has 7 nitrogen and oxygen atoms in total. The fourth-order valence-corrected chi connectivity index (χ4v) is 5.79. The second-order valence-corrected chi connectivity index (χ2v) is 10.5. The zero-order valence-corrected chi connectivity index (χ0v) is 21.5. The largest absolute Gasteiger partial charge is 0.493 e. The molecule has 0 N–H and O–H groups in total. The van der Waals surface area contributed by atoms with Crippen LogP contribution in [0.3, 0.4) is 0 Å². The number of carbonyl (C=O) groups is 1. The van der Waals surface area contributed by atoms with Gasteiger partial charge in [-0.2, -0.15) is 0 Å². The minimum atomic E-state index is -0.305. The first-order valence-electron chi connectivity index (χ1n) is 13.4. The molecule has 3 aliphatic rings. The molecule has 0 unspecified atom stereocenters. The smallest absolute Gasteiger partial charge is 0.277 e. The molecule has 2 bridgehead atoms. The Labute approximate surface area is 226 Å². The van der Waals surface area contributed by atoms with Gasteiger partial charge in [0.25, 0.3) is 5.91 Å². The van der Waals surface area contributed by atoms with Crippen LogP contribution in [0, 0.1) is 11.8 Å². The quantitative estimate of drug-likeness (QED) is 0.395. The molecule has 4 aromatic rings. The van der Waals surface area contributed by atoms with Crippen molar-refractivity contribution < 1.29 is 14.3 Å². The van der Waals surface area contributed by atoms with Crippen molar-refractivity contribution in [2.45, 2.75) is 19.1 Å². The van der Waals surface area contributed by atoms with Crippen LogP contribution in [0.4, 0.5) is 0 Å². The number of carbonyl (C=O) groups excluding carboxylic acids is 1. The van der Waals surface area contributed by atoms with Crippen molar-refractivity contribution in [2.75, 3.05) is 24.8 Å². The van der Waals surface area contributed by atoms with Gasteiger partial charge in [0.1, 0.15) is 25.1 Å². The van der Waals surface area contributed by atoms with Crippen LogP contribution in [0.25, 0.3) is 0 Å². The lowest BCUT2D eigenvalue weighted by molar-refractivity contribution is 0.0664. The first-order valence-corrected chi connectivity index (χ1v) is 13.4. The Morgan fingerprint density at radius 3 is 2.41 bits per heavy atom. The number of para-hydroxylation sites is 1. The molecule has 3 atom stereocenters. The van der Waals surface area contributed by atoms with E-state index in [-0.39, 0.29) is 35.4 Å². The van der Waals surface area contributed by atoms with E-state index in [0.717, 1.165) is 28.9 Å².